The fourth-order valence-corrected chi connectivity index (χ4v) is 1.64. The Labute approximate surface area is 88.4 Å². The van der Waals surface area contributed by atoms with Crippen molar-refractivity contribution in [1.82, 2.24) is 0 Å². The monoisotopic (exact) mass is 201 g/mol. The van der Waals surface area contributed by atoms with E-state index in [-0.39, 0.29) is 5.82 Å². The van der Waals surface area contributed by atoms with E-state index in [9.17, 15) is 4.39 Å². The van der Waals surface area contributed by atoms with E-state index in [2.05, 4.69) is 0 Å². The number of hydrogen-bond acceptors (Lipinski definition) is 1. The molecule has 76 valence electrons. The number of hydrogen-bond donors (Lipinski definition) is 1. The van der Waals surface area contributed by atoms with Gasteiger partial charge in [0.05, 0.1) is 0 Å². The third kappa shape index (κ3) is 1.99. The lowest BCUT2D eigenvalue weighted by Crippen LogP contribution is -1.88. The molecule has 0 aliphatic heterocycles. The Hall–Kier alpha value is -1.83. The maximum Gasteiger partial charge on any atom is 0.123 e. The third-order valence-corrected chi connectivity index (χ3v) is 2.41. The molecule has 2 heteroatoms. The van der Waals surface area contributed by atoms with Gasteiger partial charge in [-0.25, -0.2) is 4.39 Å². The van der Waals surface area contributed by atoms with Crippen LogP contribution in [0.2, 0.25) is 0 Å². The molecule has 0 heterocycles. The molecule has 1 nitrogen and oxygen atoms in total. The highest BCUT2D eigenvalue weighted by Crippen LogP contribution is 2.24. The zero-order valence-corrected chi connectivity index (χ0v) is 8.50. The second-order valence-corrected chi connectivity index (χ2v) is 3.58. The van der Waals surface area contributed by atoms with Crippen LogP contribution in [0.3, 0.4) is 0 Å². The van der Waals surface area contributed by atoms with Gasteiger partial charge in [-0.1, -0.05) is 18.2 Å². The number of anilines is 1. The molecular weight excluding hydrogens is 189 g/mol. The van der Waals surface area contributed by atoms with E-state index in [0.29, 0.717) is 0 Å². The molecule has 2 aromatic carbocycles. The average molecular weight is 201 g/mol. The summed E-state index contributed by atoms with van der Waals surface area (Å²) < 4.78 is 12.7. The van der Waals surface area contributed by atoms with E-state index in [4.69, 9.17) is 5.73 Å². The molecule has 0 fully saturated rings. The molecule has 0 amide bonds. The Balaban J connectivity index is 2.49. The van der Waals surface area contributed by atoms with Gasteiger partial charge in [0.25, 0.3) is 0 Å². The quantitative estimate of drug-likeness (QED) is 0.703. The van der Waals surface area contributed by atoms with Crippen molar-refractivity contribution < 1.29 is 4.39 Å². The van der Waals surface area contributed by atoms with Crippen LogP contribution < -0.4 is 5.73 Å². The summed E-state index contributed by atoms with van der Waals surface area (Å²) in [5.41, 5.74) is 9.61. The molecule has 0 unspecified atom stereocenters. The number of nitrogen functional groups attached to an aromatic ring is 1. The summed E-state index contributed by atoms with van der Waals surface area (Å²) in [5.74, 6) is -0.216. The maximum absolute atomic E-state index is 12.7. The van der Waals surface area contributed by atoms with Crippen LogP contribution in [-0.2, 0) is 0 Å². The van der Waals surface area contributed by atoms with Gasteiger partial charge < -0.3 is 5.73 Å². The summed E-state index contributed by atoms with van der Waals surface area (Å²) in [6.45, 7) is 2.00. The molecule has 2 aromatic rings. The Morgan fingerprint density at radius 2 is 1.67 bits per heavy atom. The van der Waals surface area contributed by atoms with E-state index in [1.807, 2.05) is 25.1 Å². The van der Waals surface area contributed by atoms with Crippen molar-refractivity contribution in [2.24, 2.45) is 0 Å². The van der Waals surface area contributed by atoms with E-state index in [0.717, 1.165) is 22.4 Å². The van der Waals surface area contributed by atoms with Crippen molar-refractivity contribution in [1.29, 1.82) is 0 Å². The second-order valence-electron chi connectivity index (χ2n) is 3.58. The van der Waals surface area contributed by atoms with Crippen LogP contribution in [0.4, 0.5) is 10.1 Å². The van der Waals surface area contributed by atoms with E-state index in [1.54, 1.807) is 12.1 Å². The molecular formula is C13H12FN. The lowest BCUT2D eigenvalue weighted by molar-refractivity contribution is 0.628. The number of nitrogens with two attached hydrogens (primary N) is 1. The highest BCUT2D eigenvalue weighted by atomic mass is 19.1. The van der Waals surface area contributed by atoms with Crippen LogP contribution in [0.1, 0.15) is 5.56 Å². The zero-order chi connectivity index (χ0) is 10.8. The Bertz CT molecular complexity index is 474. The molecule has 2 N–H and O–H groups in total. The zero-order valence-electron chi connectivity index (χ0n) is 8.50. The van der Waals surface area contributed by atoms with Crippen molar-refractivity contribution in [2.45, 2.75) is 6.92 Å². The largest absolute Gasteiger partial charge is 0.399 e. The summed E-state index contributed by atoms with van der Waals surface area (Å²) in [6.07, 6.45) is 0. The summed E-state index contributed by atoms with van der Waals surface area (Å²) in [7, 11) is 0. The summed E-state index contributed by atoms with van der Waals surface area (Å²) >= 11 is 0. The molecule has 0 aromatic heterocycles. The Morgan fingerprint density at radius 1 is 1.00 bits per heavy atom. The molecule has 0 bridgehead atoms. The lowest BCUT2D eigenvalue weighted by Gasteiger charge is -2.06. The van der Waals surface area contributed by atoms with Crippen molar-refractivity contribution >= 4 is 5.69 Å². The number of halogens is 1. The first kappa shape index (κ1) is 9.71. The van der Waals surface area contributed by atoms with Gasteiger partial charge in [0.1, 0.15) is 5.82 Å². The van der Waals surface area contributed by atoms with Crippen LogP contribution in [0.15, 0.2) is 42.5 Å². The summed E-state index contributed by atoms with van der Waals surface area (Å²) in [5, 5.41) is 0. The van der Waals surface area contributed by atoms with Gasteiger partial charge >= 0.3 is 0 Å². The first-order valence-electron chi connectivity index (χ1n) is 4.79. The first-order chi connectivity index (χ1) is 7.16. The molecule has 0 radical (unpaired) electrons. The van der Waals surface area contributed by atoms with E-state index >= 15 is 0 Å². The fourth-order valence-electron chi connectivity index (χ4n) is 1.64. The van der Waals surface area contributed by atoms with Crippen LogP contribution in [0.5, 0.6) is 0 Å². The van der Waals surface area contributed by atoms with Gasteiger partial charge in [0.2, 0.25) is 0 Å². The van der Waals surface area contributed by atoms with Gasteiger partial charge in [-0.05, 0) is 47.9 Å². The molecule has 0 aliphatic carbocycles. The smallest absolute Gasteiger partial charge is 0.123 e. The predicted molar refractivity (Wildman–Crippen MR) is 61.0 cm³/mol. The van der Waals surface area contributed by atoms with Gasteiger partial charge in [-0.2, -0.15) is 0 Å². The second kappa shape index (κ2) is 3.73. The van der Waals surface area contributed by atoms with Gasteiger partial charge in [-0.15, -0.1) is 0 Å². The van der Waals surface area contributed by atoms with Gasteiger partial charge in [0.15, 0.2) is 0 Å². The minimum atomic E-state index is -0.216. The van der Waals surface area contributed by atoms with Crippen LogP contribution >= 0.6 is 0 Å². The minimum absolute atomic E-state index is 0.216. The van der Waals surface area contributed by atoms with Crippen molar-refractivity contribution in [3.63, 3.8) is 0 Å². The van der Waals surface area contributed by atoms with E-state index in [1.165, 1.54) is 12.1 Å². The average Bonchev–Trinajstić information content (AvgIpc) is 2.20. The lowest BCUT2D eigenvalue weighted by atomic mass is 10.0. The van der Waals surface area contributed by atoms with Crippen molar-refractivity contribution in [2.75, 3.05) is 5.73 Å². The Kier molecular flexibility index (Phi) is 2.42. The van der Waals surface area contributed by atoms with Crippen molar-refractivity contribution in [3.05, 3.63) is 53.8 Å². The number of aryl methyl sites for hydroxylation is 1. The topological polar surface area (TPSA) is 26.0 Å². The summed E-state index contributed by atoms with van der Waals surface area (Å²) in [4.78, 5) is 0. The molecule has 0 aliphatic rings. The molecule has 15 heavy (non-hydrogen) atoms. The number of benzene rings is 2. The number of rotatable bonds is 1. The van der Waals surface area contributed by atoms with Crippen LogP contribution in [-0.4, -0.2) is 0 Å². The van der Waals surface area contributed by atoms with Gasteiger partial charge in [0, 0.05) is 5.69 Å². The SMILES string of the molecule is Cc1cc(N)ccc1-c1ccc(F)cc1. The molecule has 0 atom stereocenters. The molecule has 0 saturated carbocycles. The maximum atomic E-state index is 12.7. The molecule has 2 rings (SSSR count). The predicted octanol–water partition coefficient (Wildman–Crippen LogP) is 3.38. The highest BCUT2D eigenvalue weighted by molar-refractivity contribution is 5.69. The molecule has 0 spiro atoms. The first-order valence-corrected chi connectivity index (χ1v) is 4.79. The van der Waals surface area contributed by atoms with E-state index < -0.39 is 0 Å². The van der Waals surface area contributed by atoms with Crippen molar-refractivity contribution in [3.8, 4) is 11.1 Å². The van der Waals surface area contributed by atoms with Crippen LogP contribution in [0, 0.1) is 12.7 Å². The molecule has 0 saturated heterocycles. The normalized spacial score (nSPS) is 10.3. The summed E-state index contributed by atoms with van der Waals surface area (Å²) in [6, 6.07) is 12.2. The van der Waals surface area contributed by atoms with Gasteiger partial charge in [-0.3, -0.25) is 0 Å². The van der Waals surface area contributed by atoms with Crippen LogP contribution in [0.25, 0.3) is 11.1 Å². The Morgan fingerprint density at radius 3 is 2.27 bits per heavy atom. The standard InChI is InChI=1S/C13H12FN/c1-9-8-12(15)6-7-13(9)10-2-4-11(14)5-3-10/h2-8H,15H2,1H3. The fraction of sp³-hybridized carbons (Fsp3) is 0.0769. The highest BCUT2D eigenvalue weighted by Gasteiger charge is 2.01. The minimum Gasteiger partial charge on any atom is -0.399 e. The third-order valence-electron chi connectivity index (χ3n) is 2.41.